The molecule has 0 bridgehead atoms. The first kappa shape index (κ1) is 19.8. The van der Waals surface area contributed by atoms with Crippen molar-refractivity contribution in [1.29, 1.82) is 0 Å². The zero-order chi connectivity index (χ0) is 15.4. The molecule has 0 spiro atoms. The third kappa shape index (κ3) is 4.63. The van der Waals surface area contributed by atoms with E-state index in [1.165, 1.54) is 6.20 Å². The number of allylic oxidation sites excluding steroid dienone is 3. The van der Waals surface area contributed by atoms with Crippen molar-refractivity contribution in [2.24, 2.45) is 16.5 Å². The Kier molecular flexibility index (Phi) is 7.55. The van der Waals surface area contributed by atoms with Crippen molar-refractivity contribution in [3.05, 3.63) is 67.7 Å². The maximum absolute atomic E-state index is 5.94. The number of hydrogen-bond acceptors (Lipinski definition) is 5. The van der Waals surface area contributed by atoms with Crippen LogP contribution in [0.3, 0.4) is 0 Å². The van der Waals surface area contributed by atoms with Gasteiger partial charge in [-0.15, -0.1) is 0 Å². The first-order valence-corrected chi connectivity index (χ1v) is 6.59. The number of nitrogens with zero attached hydrogens (tertiary/aromatic N) is 4. The molecule has 8 nitrogen and oxygen atoms in total. The number of H-pyrrole nitrogens is 2. The van der Waals surface area contributed by atoms with Crippen LogP contribution >= 0.6 is 0 Å². The molecule has 0 aliphatic rings. The number of nitrogens with two attached hydrogens (primary N) is 2. The Morgan fingerprint density at radius 3 is 3.00 bits per heavy atom. The summed E-state index contributed by atoms with van der Waals surface area (Å²) in [4.78, 5) is 13.2. The summed E-state index contributed by atoms with van der Waals surface area (Å²) in [6, 6.07) is 3.57. The minimum Gasteiger partial charge on any atom is -0.409 e. The van der Waals surface area contributed by atoms with Gasteiger partial charge in [-0.25, -0.2) is 9.97 Å². The zero-order valence-corrected chi connectivity index (χ0v) is 17.4. The van der Waals surface area contributed by atoms with E-state index in [4.69, 9.17) is 11.5 Å². The monoisotopic (exact) mass is 548 g/mol. The van der Waals surface area contributed by atoms with Crippen LogP contribution in [0.4, 0.5) is 5.82 Å². The Hall–Kier alpha value is -2.24. The molecule has 24 heavy (non-hydrogen) atoms. The number of hydrogen-bond donors (Lipinski definition) is 4. The van der Waals surface area contributed by atoms with Crippen molar-refractivity contribution in [1.82, 2.24) is 24.7 Å². The van der Waals surface area contributed by atoms with Crippen molar-refractivity contribution >= 4 is 17.0 Å². The van der Waals surface area contributed by atoms with E-state index in [1.54, 1.807) is 24.4 Å². The minimum atomic E-state index is 0. The average Bonchev–Trinajstić information content (AvgIpc) is 3.16. The summed E-state index contributed by atoms with van der Waals surface area (Å²) in [7, 11) is 0. The van der Waals surface area contributed by atoms with Crippen molar-refractivity contribution in [3.8, 4) is 0 Å². The summed E-state index contributed by atoms with van der Waals surface area (Å²) in [6.45, 7) is 0.496. The molecule has 3 rings (SSSR count). The van der Waals surface area contributed by atoms with Crippen LogP contribution in [0.2, 0.25) is 0 Å². The molecule has 3 aromatic heterocycles. The molecule has 9 heteroatoms. The Labute approximate surface area is 163 Å². The van der Waals surface area contributed by atoms with Crippen LogP contribution in [-0.2, 0) is 6.54 Å². The van der Waals surface area contributed by atoms with Crippen molar-refractivity contribution in [3.63, 3.8) is 0 Å². The van der Waals surface area contributed by atoms with E-state index < -0.39 is 0 Å². The fourth-order valence-electron chi connectivity index (χ4n) is 1.97. The van der Waals surface area contributed by atoms with Gasteiger partial charge in [-0.05, 0) is 29.9 Å². The largest absolute Gasteiger partial charge is 2.00 e. The molecule has 0 fully saturated rings. The minimum absolute atomic E-state index is 0. The second-order valence-electron chi connectivity index (χ2n) is 4.54. The van der Waals surface area contributed by atoms with Crippen molar-refractivity contribution in [2.75, 3.05) is 0 Å². The molecule has 122 valence electrons. The van der Waals surface area contributed by atoms with Gasteiger partial charge in [0.25, 0.3) is 0 Å². The first-order chi connectivity index (χ1) is 10.8. The van der Waals surface area contributed by atoms with E-state index >= 15 is 0 Å². The normalized spacial score (nSPS) is 12.3. The van der Waals surface area contributed by atoms with E-state index in [0.29, 0.717) is 29.2 Å². The topological polar surface area (TPSA) is 127 Å². The van der Waals surface area contributed by atoms with Gasteiger partial charge >= 0.3 is 31.1 Å². The predicted octanol–water partition coefficient (Wildman–Crippen LogP) is 0.885. The van der Waals surface area contributed by atoms with Crippen LogP contribution in [0.15, 0.2) is 53.6 Å². The molecule has 6 N–H and O–H groups in total. The second kappa shape index (κ2) is 9.15. The fourth-order valence-corrected chi connectivity index (χ4v) is 1.97. The molecule has 0 saturated carbocycles. The van der Waals surface area contributed by atoms with Crippen LogP contribution in [0, 0.1) is 44.7 Å². The SMILES string of the molecule is N/C=C\C=C(/N)Cn1ccc2ncc(/N=c3\c[c-][nH][nH]3)nc21.[CH3-].[U+2]. The maximum atomic E-state index is 5.94. The van der Waals surface area contributed by atoms with Crippen molar-refractivity contribution in [2.45, 2.75) is 6.54 Å². The quantitative estimate of drug-likeness (QED) is 0.285. The van der Waals surface area contributed by atoms with Gasteiger partial charge in [0.1, 0.15) is 5.52 Å². The Balaban J connectivity index is 0.00000144. The van der Waals surface area contributed by atoms with Gasteiger partial charge in [0.15, 0.2) is 11.5 Å². The third-order valence-corrected chi connectivity index (χ3v) is 2.93. The van der Waals surface area contributed by atoms with Crippen LogP contribution in [-0.4, -0.2) is 24.7 Å². The van der Waals surface area contributed by atoms with Gasteiger partial charge in [-0.1, -0.05) is 0 Å². The molecule has 0 radical (unpaired) electrons. The van der Waals surface area contributed by atoms with Gasteiger partial charge in [-0.2, -0.15) is 12.3 Å². The standard InChI is InChI=1S/C14H15N8.CH3.U/c15-5-1-2-10(16)9-22-7-4-11-14(22)20-13(8-17-11)19-12-3-6-18-21-12;;/h1-5,7-8H,9,15-16H2,(H2,18,19,20,21);1H3;/q2*-1;+2/b5-1-,10-2-;;. The van der Waals surface area contributed by atoms with Gasteiger partial charge in [-0.3, -0.25) is 0 Å². The van der Waals surface area contributed by atoms with Gasteiger partial charge in [0, 0.05) is 11.9 Å². The van der Waals surface area contributed by atoms with Gasteiger partial charge in [0.05, 0.1) is 12.7 Å². The number of aromatic amines is 2. The molecular weight excluding hydrogens is 530 g/mol. The van der Waals surface area contributed by atoms with E-state index in [2.05, 4.69) is 31.4 Å². The van der Waals surface area contributed by atoms with Gasteiger partial charge < -0.3 is 38.7 Å². The van der Waals surface area contributed by atoms with Crippen LogP contribution < -0.4 is 17.0 Å². The molecule has 3 heterocycles. The van der Waals surface area contributed by atoms with Crippen LogP contribution in [0.1, 0.15) is 0 Å². The summed E-state index contributed by atoms with van der Waals surface area (Å²) in [5.41, 5.74) is 14.0. The van der Waals surface area contributed by atoms with Crippen molar-refractivity contribution < 1.29 is 31.1 Å². The predicted molar refractivity (Wildman–Crippen MR) is 88.7 cm³/mol. The second-order valence-corrected chi connectivity index (χ2v) is 4.54. The maximum Gasteiger partial charge on any atom is 2.00 e. The summed E-state index contributed by atoms with van der Waals surface area (Å²) in [5, 5.41) is 5.53. The van der Waals surface area contributed by atoms with E-state index in [1.807, 2.05) is 16.8 Å². The molecular formula is C15H18N8U. The Morgan fingerprint density at radius 1 is 1.46 bits per heavy atom. The first-order valence-electron chi connectivity index (χ1n) is 6.59. The molecule has 0 aliphatic carbocycles. The van der Waals surface area contributed by atoms with E-state index in [-0.39, 0.29) is 38.5 Å². The molecule has 0 amide bonds. The molecule has 0 atom stereocenters. The summed E-state index contributed by atoms with van der Waals surface area (Å²) < 4.78 is 1.91. The molecule has 0 aromatic carbocycles. The summed E-state index contributed by atoms with van der Waals surface area (Å²) in [6.07, 6.45) is 11.1. The number of aromatic nitrogens is 5. The summed E-state index contributed by atoms with van der Waals surface area (Å²) in [5.74, 6) is 0.501. The molecule has 0 unspecified atom stereocenters. The third-order valence-electron chi connectivity index (χ3n) is 2.93. The van der Waals surface area contributed by atoms with Gasteiger partial charge in [0.2, 0.25) is 0 Å². The number of rotatable bonds is 4. The Bertz CT molecular complexity index is 883. The molecule has 3 aromatic rings. The molecule has 0 saturated heterocycles. The number of nitrogens with one attached hydrogen (secondary N) is 2. The summed E-state index contributed by atoms with van der Waals surface area (Å²) >= 11 is 0. The Morgan fingerprint density at radius 2 is 2.29 bits per heavy atom. The van der Waals surface area contributed by atoms with E-state index in [9.17, 15) is 0 Å². The fraction of sp³-hybridized carbons (Fsp3) is 0.0667. The molecule has 0 aliphatic heterocycles. The van der Waals surface area contributed by atoms with E-state index in [0.717, 1.165) is 5.52 Å². The number of fused-ring (bicyclic) bond motifs is 1. The smallest absolute Gasteiger partial charge is 0.409 e. The zero-order valence-electron chi connectivity index (χ0n) is 13.2. The average molecular weight is 548 g/mol. The van der Waals surface area contributed by atoms with Crippen LogP contribution in [0.25, 0.3) is 11.2 Å². The van der Waals surface area contributed by atoms with Crippen LogP contribution in [0.5, 0.6) is 0 Å².